The Bertz CT molecular complexity index is 938. The van der Waals surface area contributed by atoms with E-state index in [1.165, 1.54) is 31.5 Å². The molecule has 0 saturated heterocycles. The second kappa shape index (κ2) is 6.25. The lowest BCUT2D eigenvalue weighted by molar-refractivity contribution is -0.114. The van der Waals surface area contributed by atoms with Crippen molar-refractivity contribution in [3.8, 4) is 11.1 Å². The van der Waals surface area contributed by atoms with Gasteiger partial charge < -0.3 is 10.4 Å². The third-order valence-corrected chi connectivity index (χ3v) is 4.34. The fourth-order valence-electron chi connectivity index (χ4n) is 2.19. The zero-order valence-electron chi connectivity index (χ0n) is 13.0. The standard InChI is InChI=1S/C16H14N4O3S/c1-9(21)18-15-19-13-4-3-10(6-14(13)24-15)11-5-12(8-17-7-11)20(2)16(22)23/h3-8H,1-2H3,(H,22,23)(H,18,19,21). The number of rotatable bonds is 3. The molecule has 2 amide bonds. The monoisotopic (exact) mass is 342 g/mol. The number of amides is 2. The number of hydrogen-bond acceptors (Lipinski definition) is 5. The third-order valence-electron chi connectivity index (χ3n) is 3.40. The summed E-state index contributed by atoms with van der Waals surface area (Å²) in [5, 5.41) is 12.3. The zero-order chi connectivity index (χ0) is 17.3. The summed E-state index contributed by atoms with van der Waals surface area (Å²) in [6.07, 6.45) is 2.13. The van der Waals surface area contributed by atoms with Crippen LogP contribution in [0, 0.1) is 0 Å². The first-order valence-corrected chi connectivity index (χ1v) is 7.86. The molecule has 2 aromatic heterocycles. The van der Waals surface area contributed by atoms with Crippen LogP contribution < -0.4 is 10.2 Å². The van der Waals surface area contributed by atoms with Gasteiger partial charge in [-0.05, 0) is 23.8 Å². The number of anilines is 2. The van der Waals surface area contributed by atoms with Crippen molar-refractivity contribution in [2.24, 2.45) is 0 Å². The van der Waals surface area contributed by atoms with Crippen molar-refractivity contribution in [2.45, 2.75) is 6.92 Å². The highest BCUT2D eigenvalue weighted by molar-refractivity contribution is 7.22. The Balaban J connectivity index is 1.98. The van der Waals surface area contributed by atoms with Crippen LogP contribution in [-0.2, 0) is 4.79 Å². The quantitative estimate of drug-likeness (QED) is 0.760. The minimum Gasteiger partial charge on any atom is -0.465 e. The molecule has 2 N–H and O–H groups in total. The van der Waals surface area contributed by atoms with Gasteiger partial charge in [0.1, 0.15) is 0 Å². The number of thiazole rings is 1. The Labute approximate surface area is 141 Å². The van der Waals surface area contributed by atoms with E-state index < -0.39 is 6.09 Å². The van der Waals surface area contributed by atoms with Gasteiger partial charge >= 0.3 is 6.09 Å². The molecule has 0 unspecified atom stereocenters. The van der Waals surface area contributed by atoms with E-state index in [2.05, 4.69) is 15.3 Å². The highest BCUT2D eigenvalue weighted by atomic mass is 32.1. The van der Waals surface area contributed by atoms with Gasteiger partial charge in [0.25, 0.3) is 0 Å². The Kier molecular flexibility index (Phi) is 4.13. The molecule has 7 nitrogen and oxygen atoms in total. The summed E-state index contributed by atoms with van der Waals surface area (Å²) in [4.78, 5) is 31.8. The van der Waals surface area contributed by atoms with Crippen molar-refractivity contribution in [2.75, 3.05) is 17.3 Å². The molecule has 2 heterocycles. The van der Waals surface area contributed by atoms with Gasteiger partial charge in [0, 0.05) is 25.7 Å². The van der Waals surface area contributed by atoms with Crippen molar-refractivity contribution < 1.29 is 14.7 Å². The van der Waals surface area contributed by atoms with Gasteiger partial charge in [-0.25, -0.2) is 9.78 Å². The first-order valence-electron chi connectivity index (χ1n) is 7.04. The predicted molar refractivity (Wildman–Crippen MR) is 93.6 cm³/mol. The van der Waals surface area contributed by atoms with E-state index >= 15 is 0 Å². The number of carboxylic acid groups (broad SMARTS) is 1. The molecule has 0 aliphatic rings. The summed E-state index contributed by atoms with van der Waals surface area (Å²) in [7, 11) is 1.47. The van der Waals surface area contributed by atoms with Crippen LogP contribution in [0.3, 0.4) is 0 Å². The summed E-state index contributed by atoms with van der Waals surface area (Å²) in [6.45, 7) is 1.44. The SMILES string of the molecule is CC(=O)Nc1nc2ccc(-c3cncc(N(C)C(=O)O)c3)cc2s1. The van der Waals surface area contributed by atoms with E-state index in [0.717, 1.165) is 26.2 Å². The van der Waals surface area contributed by atoms with Crippen LogP contribution in [0.4, 0.5) is 15.6 Å². The average molecular weight is 342 g/mol. The fourth-order valence-corrected chi connectivity index (χ4v) is 3.14. The van der Waals surface area contributed by atoms with Crippen LogP contribution in [0.5, 0.6) is 0 Å². The highest BCUT2D eigenvalue weighted by Gasteiger charge is 2.11. The maximum absolute atomic E-state index is 11.1. The van der Waals surface area contributed by atoms with Crippen molar-refractivity contribution in [1.82, 2.24) is 9.97 Å². The van der Waals surface area contributed by atoms with Crippen LogP contribution in [0.25, 0.3) is 21.3 Å². The Morgan fingerprint density at radius 2 is 2.00 bits per heavy atom. The summed E-state index contributed by atoms with van der Waals surface area (Å²) in [5.41, 5.74) is 2.98. The number of hydrogen-bond donors (Lipinski definition) is 2. The molecule has 3 aromatic rings. The lowest BCUT2D eigenvalue weighted by Gasteiger charge is -2.13. The minimum absolute atomic E-state index is 0.164. The molecule has 1 aromatic carbocycles. The average Bonchev–Trinajstić information content (AvgIpc) is 2.94. The summed E-state index contributed by atoms with van der Waals surface area (Å²) < 4.78 is 0.924. The van der Waals surface area contributed by atoms with Gasteiger partial charge in [-0.15, -0.1) is 0 Å². The van der Waals surface area contributed by atoms with E-state index in [0.29, 0.717) is 10.8 Å². The maximum Gasteiger partial charge on any atom is 0.411 e. The molecule has 3 rings (SSSR count). The number of nitrogens with zero attached hydrogens (tertiary/aromatic N) is 3. The molecule has 0 spiro atoms. The van der Waals surface area contributed by atoms with Crippen molar-refractivity contribution in [3.05, 3.63) is 36.7 Å². The van der Waals surface area contributed by atoms with Gasteiger partial charge in [-0.1, -0.05) is 17.4 Å². The second-order valence-electron chi connectivity index (χ2n) is 5.16. The van der Waals surface area contributed by atoms with Crippen LogP contribution >= 0.6 is 11.3 Å². The molecule has 122 valence electrons. The maximum atomic E-state index is 11.1. The van der Waals surface area contributed by atoms with E-state index in [1.807, 2.05) is 18.2 Å². The van der Waals surface area contributed by atoms with Crippen LogP contribution in [0.15, 0.2) is 36.7 Å². The Hall–Kier alpha value is -3.00. The van der Waals surface area contributed by atoms with Crippen molar-refractivity contribution in [3.63, 3.8) is 0 Å². The molecule has 0 fully saturated rings. The first-order chi connectivity index (χ1) is 11.4. The molecular formula is C16H14N4O3S. The summed E-state index contributed by atoms with van der Waals surface area (Å²) in [5.74, 6) is -0.164. The minimum atomic E-state index is -1.05. The Morgan fingerprint density at radius 3 is 2.71 bits per heavy atom. The summed E-state index contributed by atoms with van der Waals surface area (Å²) >= 11 is 1.38. The van der Waals surface area contributed by atoms with E-state index in [1.54, 1.807) is 12.3 Å². The lowest BCUT2D eigenvalue weighted by Crippen LogP contribution is -2.23. The normalized spacial score (nSPS) is 10.6. The highest BCUT2D eigenvalue weighted by Crippen LogP contribution is 2.31. The van der Waals surface area contributed by atoms with Crippen LogP contribution in [0.1, 0.15) is 6.92 Å². The number of pyridine rings is 1. The second-order valence-corrected chi connectivity index (χ2v) is 6.19. The van der Waals surface area contributed by atoms with Gasteiger partial charge in [0.05, 0.1) is 22.1 Å². The van der Waals surface area contributed by atoms with E-state index in [9.17, 15) is 9.59 Å². The van der Waals surface area contributed by atoms with Crippen molar-refractivity contribution >= 4 is 44.4 Å². The van der Waals surface area contributed by atoms with Gasteiger partial charge in [0.15, 0.2) is 5.13 Å². The van der Waals surface area contributed by atoms with Gasteiger partial charge in [-0.3, -0.25) is 14.7 Å². The molecule has 0 bridgehead atoms. The number of carbonyl (C=O) groups is 2. The first kappa shape index (κ1) is 15.9. The number of nitrogens with one attached hydrogen (secondary N) is 1. The molecule has 8 heteroatoms. The lowest BCUT2D eigenvalue weighted by atomic mass is 10.1. The van der Waals surface area contributed by atoms with Gasteiger partial charge in [-0.2, -0.15) is 0 Å². The molecule has 0 atom stereocenters. The number of carbonyl (C=O) groups excluding carboxylic acids is 1. The zero-order valence-corrected chi connectivity index (χ0v) is 13.8. The fraction of sp³-hybridized carbons (Fsp3) is 0.125. The van der Waals surface area contributed by atoms with Crippen LogP contribution in [0.2, 0.25) is 0 Å². The molecule has 0 aliphatic carbocycles. The van der Waals surface area contributed by atoms with Crippen LogP contribution in [-0.4, -0.2) is 34.1 Å². The number of fused-ring (bicyclic) bond motifs is 1. The van der Waals surface area contributed by atoms with Gasteiger partial charge in [0.2, 0.25) is 5.91 Å². The Morgan fingerprint density at radius 1 is 1.21 bits per heavy atom. The summed E-state index contributed by atoms with van der Waals surface area (Å²) in [6, 6.07) is 7.46. The topological polar surface area (TPSA) is 95.4 Å². The molecule has 0 saturated carbocycles. The number of aromatic nitrogens is 2. The predicted octanol–water partition coefficient (Wildman–Crippen LogP) is 3.43. The van der Waals surface area contributed by atoms with E-state index in [4.69, 9.17) is 5.11 Å². The molecular weight excluding hydrogens is 328 g/mol. The largest absolute Gasteiger partial charge is 0.465 e. The van der Waals surface area contributed by atoms with E-state index in [-0.39, 0.29) is 5.91 Å². The smallest absolute Gasteiger partial charge is 0.411 e. The third kappa shape index (κ3) is 3.18. The molecule has 0 radical (unpaired) electrons. The van der Waals surface area contributed by atoms with Crippen molar-refractivity contribution in [1.29, 1.82) is 0 Å². The number of benzene rings is 1. The molecule has 0 aliphatic heterocycles. The molecule has 24 heavy (non-hydrogen) atoms.